The molecule has 0 aromatic heterocycles. The van der Waals surface area contributed by atoms with Crippen molar-refractivity contribution in [3.63, 3.8) is 0 Å². The molecule has 156 valence electrons. The zero-order valence-electron chi connectivity index (χ0n) is 16.4. The zero-order chi connectivity index (χ0) is 20.4. The number of hydrogen-bond donors (Lipinski definition) is 4. The van der Waals surface area contributed by atoms with Crippen LogP contribution in [0.5, 0.6) is 0 Å². The first-order chi connectivity index (χ1) is 14.0. The monoisotopic (exact) mass is 400 g/mol. The average Bonchev–Trinajstić information content (AvgIpc) is 3.06. The second-order valence-corrected chi connectivity index (χ2v) is 8.14. The van der Waals surface area contributed by atoms with E-state index in [1.165, 1.54) is 0 Å². The minimum absolute atomic E-state index is 0.161. The van der Waals surface area contributed by atoms with Crippen LogP contribution in [0.4, 0.5) is 0 Å². The standard InChI is InChI=1S/C21H28N4O4/c26-17(13-6-8-22-9-7-13)11-23-10-14-2-1-3-15-12-25(21(29)19(14)15)16-4-5-18(27)24-20(16)28/h1-3,13,16-17,22-23,26H,4-12H2,(H,24,27,28). The van der Waals surface area contributed by atoms with Crippen molar-refractivity contribution in [3.05, 3.63) is 34.9 Å². The highest BCUT2D eigenvalue weighted by molar-refractivity contribution is 6.05. The summed E-state index contributed by atoms with van der Waals surface area (Å²) in [5, 5.41) is 19.3. The number of nitrogens with zero attached hydrogens (tertiary/aromatic N) is 1. The highest BCUT2D eigenvalue weighted by atomic mass is 16.3. The molecule has 3 heterocycles. The fourth-order valence-corrected chi connectivity index (χ4v) is 4.59. The Hall–Kier alpha value is -2.29. The maximum atomic E-state index is 13.1. The summed E-state index contributed by atoms with van der Waals surface area (Å²) < 4.78 is 0. The third kappa shape index (κ3) is 4.19. The van der Waals surface area contributed by atoms with Gasteiger partial charge in [0.05, 0.1) is 6.10 Å². The van der Waals surface area contributed by atoms with Gasteiger partial charge in [-0.25, -0.2) is 0 Å². The predicted octanol–water partition coefficient (Wildman–Crippen LogP) is -0.102. The van der Waals surface area contributed by atoms with Crippen LogP contribution in [0, 0.1) is 5.92 Å². The van der Waals surface area contributed by atoms with Crippen molar-refractivity contribution in [3.8, 4) is 0 Å². The van der Waals surface area contributed by atoms with Crippen molar-refractivity contribution in [2.45, 2.75) is 50.9 Å². The molecule has 2 saturated heterocycles. The lowest BCUT2D eigenvalue weighted by Gasteiger charge is -2.29. The van der Waals surface area contributed by atoms with Gasteiger partial charge in [0.2, 0.25) is 11.8 Å². The number of fused-ring (bicyclic) bond motifs is 1. The second-order valence-electron chi connectivity index (χ2n) is 8.14. The largest absolute Gasteiger partial charge is 0.392 e. The molecule has 4 N–H and O–H groups in total. The van der Waals surface area contributed by atoms with E-state index in [1.807, 2.05) is 18.2 Å². The Labute approximate surface area is 170 Å². The number of carbonyl (C=O) groups excluding carboxylic acids is 3. The highest BCUT2D eigenvalue weighted by Gasteiger charge is 2.39. The smallest absolute Gasteiger partial charge is 0.255 e. The summed E-state index contributed by atoms with van der Waals surface area (Å²) in [7, 11) is 0. The first kappa shape index (κ1) is 20.0. The van der Waals surface area contributed by atoms with Gasteiger partial charge in [0.25, 0.3) is 5.91 Å². The number of benzene rings is 1. The van der Waals surface area contributed by atoms with E-state index >= 15 is 0 Å². The van der Waals surface area contributed by atoms with Crippen LogP contribution < -0.4 is 16.0 Å². The summed E-state index contributed by atoms with van der Waals surface area (Å²) in [4.78, 5) is 38.2. The van der Waals surface area contributed by atoms with Gasteiger partial charge in [0, 0.05) is 31.6 Å². The van der Waals surface area contributed by atoms with E-state index in [1.54, 1.807) is 4.90 Å². The van der Waals surface area contributed by atoms with Crippen LogP contribution in [0.25, 0.3) is 0 Å². The van der Waals surface area contributed by atoms with Crippen LogP contribution in [-0.2, 0) is 22.7 Å². The van der Waals surface area contributed by atoms with E-state index in [4.69, 9.17) is 0 Å². The van der Waals surface area contributed by atoms with Crippen molar-refractivity contribution in [2.24, 2.45) is 5.92 Å². The van der Waals surface area contributed by atoms with Gasteiger partial charge in [-0.3, -0.25) is 19.7 Å². The third-order valence-electron chi connectivity index (χ3n) is 6.24. The average molecular weight is 400 g/mol. The van der Waals surface area contributed by atoms with Crippen molar-refractivity contribution >= 4 is 17.7 Å². The fourth-order valence-electron chi connectivity index (χ4n) is 4.59. The molecular formula is C21H28N4O4. The molecule has 0 saturated carbocycles. The number of hydrogen-bond acceptors (Lipinski definition) is 6. The SMILES string of the molecule is O=C1CCC(N2Cc3cccc(CNCC(O)C4CCNCC4)c3C2=O)C(=O)N1. The molecule has 3 amide bonds. The van der Waals surface area contributed by atoms with E-state index in [2.05, 4.69) is 16.0 Å². The molecule has 2 fully saturated rings. The Morgan fingerprint density at radius 1 is 1.17 bits per heavy atom. The molecule has 1 aromatic carbocycles. The quantitative estimate of drug-likeness (QED) is 0.496. The Morgan fingerprint density at radius 3 is 2.72 bits per heavy atom. The van der Waals surface area contributed by atoms with Gasteiger partial charge in [-0.15, -0.1) is 0 Å². The molecule has 4 rings (SSSR count). The summed E-state index contributed by atoms with van der Waals surface area (Å²) in [6, 6.07) is 5.14. The van der Waals surface area contributed by atoms with E-state index in [-0.39, 0.29) is 18.2 Å². The minimum Gasteiger partial charge on any atom is -0.392 e. The molecule has 3 aliphatic rings. The zero-order valence-corrected chi connectivity index (χ0v) is 16.4. The number of aliphatic hydroxyl groups excluding tert-OH is 1. The Bertz CT molecular complexity index is 806. The van der Waals surface area contributed by atoms with Crippen LogP contribution in [0.15, 0.2) is 18.2 Å². The molecule has 3 aliphatic heterocycles. The van der Waals surface area contributed by atoms with Gasteiger partial charge in [-0.1, -0.05) is 18.2 Å². The van der Waals surface area contributed by atoms with Gasteiger partial charge in [0.1, 0.15) is 6.04 Å². The Kier molecular flexibility index (Phi) is 5.94. The van der Waals surface area contributed by atoms with Gasteiger partial charge in [0.15, 0.2) is 0 Å². The number of imide groups is 1. The van der Waals surface area contributed by atoms with Crippen LogP contribution in [0.1, 0.15) is 47.2 Å². The Morgan fingerprint density at radius 2 is 1.97 bits per heavy atom. The number of aliphatic hydroxyl groups is 1. The molecule has 0 bridgehead atoms. The van der Waals surface area contributed by atoms with Crippen LogP contribution in [0.2, 0.25) is 0 Å². The minimum atomic E-state index is -0.602. The lowest BCUT2D eigenvalue weighted by Crippen LogP contribution is -2.52. The van der Waals surface area contributed by atoms with Crippen molar-refractivity contribution < 1.29 is 19.5 Å². The lowest BCUT2D eigenvalue weighted by atomic mass is 9.92. The van der Waals surface area contributed by atoms with E-state index in [0.717, 1.165) is 37.1 Å². The third-order valence-corrected chi connectivity index (χ3v) is 6.24. The normalized spacial score (nSPS) is 23.8. The summed E-state index contributed by atoms with van der Waals surface area (Å²) in [6.07, 6.45) is 2.16. The molecule has 2 atom stereocenters. The predicted molar refractivity (Wildman–Crippen MR) is 106 cm³/mol. The molecule has 0 radical (unpaired) electrons. The number of amides is 3. The van der Waals surface area contributed by atoms with Crippen molar-refractivity contribution in [1.29, 1.82) is 0 Å². The van der Waals surface area contributed by atoms with Gasteiger partial charge >= 0.3 is 0 Å². The number of piperidine rings is 2. The summed E-state index contributed by atoms with van der Waals surface area (Å²) in [5.74, 6) is -0.541. The number of carbonyl (C=O) groups is 3. The molecule has 0 aliphatic carbocycles. The highest BCUT2D eigenvalue weighted by Crippen LogP contribution is 2.29. The maximum Gasteiger partial charge on any atom is 0.255 e. The van der Waals surface area contributed by atoms with Crippen LogP contribution in [-0.4, -0.2) is 59.5 Å². The second kappa shape index (κ2) is 8.61. The summed E-state index contributed by atoms with van der Waals surface area (Å²) in [6.45, 7) is 3.24. The van der Waals surface area contributed by atoms with Crippen LogP contribution >= 0.6 is 0 Å². The molecule has 8 nitrogen and oxygen atoms in total. The van der Waals surface area contributed by atoms with Crippen molar-refractivity contribution in [1.82, 2.24) is 20.9 Å². The summed E-state index contributed by atoms with van der Waals surface area (Å²) >= 11 is 0. The van der Waals surface area contributed by atoms with E-state index < -0.39 is 18.1 Å². The van der Waals surface area contributed by atoms with Crippen molar-refractivity contribution in [2.75, 3.05) is 19.6 Å². The molecule has 29 heavy (non-hydrogen) atoms. The summed E-state index contributed by atoms with van der Waals surface area (Å²) in [5.41, 5.74) is 2.42. The molecule has 1 aromatic rings. The van der Waals surface area contributed by atoms with Gasteiger partial charge in [-0.2, -0.15) is 0 Å². The molecule has 8 heteroatoms. The number of rotatable bonds is 6. The fraction of sp³-hybridized carbons (Fsp3) is 0.571. The first-order valence-electron chi connectivity index (χ1n) is 10.4. The maximum absolute atomic E-state index is 13.1. The van der Waals surface area contributed by atoms with Gasteiger partial charge < -0.3 is 20.6 Å². The first-order valence-corrected chi connectivity index (χ1v) is 10.4. The molecular weight excluding hydrogens is 372 g/mol. The topological polar surface area (TPSA) is 111 Å². The van der Waals surface area contributed by atoms with E-state index in [0.29, 0.717) is 37.5 Å². The Balaban J connectivity index is 1.39. The lowest BCUT2D eigenvalue weighted by molar-refractivity contribution is -0.136. The molecule has 2 unspecified atom stereocenters. The molecule has 0 spiro atoms. The van der Waals surface area contributed by atoms with Crippen LogP contribution in [0.3, 0.4) is 0 Å². The number of nitrogens with one attached hydrogen (secondary N) is 3. The van der Waals surface area contributed by atoms with Gasteiger partial charge in [-0.05, 0) is 49.4 Å². The van der Waals surface area contributed by atoms with E-state index in [9.17, 15) is 19.5 Å².